The molecule has 7 nitrogen and oxygen atoms in total. The number of aromatic nitrogens is 3. The van der Waals surface area contributed by atoms with Crippen LogP contribution in [0.3, 0.4) is 0 Å². The lowest BCUT2D eigenvalue weighted by molar-refractivity contribution is 0.0591. The van der Waals surface area contributed by atoms with E-state index in [1.54, 1.807) is 0 Å². The number of fused-ring (bicyclic) bond motifs is 2. The summed E-state index contributed by atoms with van der Waals surface area (Å²) in [5, 5.41) is 2.12. The van der Waals surface area contributed by atoms with Crippen molar-refractivity contribution in [1.82, 2.24) is 13.4 Å². The summed E-state index contributed by atoms with van der Waals surface area (Å²) < 4.78 is 15.5. The molecule has 0 radical (unpaired) electrons. The number of nitrogens with zero attached hydrogens (tertiary/aromatic N) is 2. The molecule has 0 saturated heterocycles. The number of hydrogen-bond acceptors (Lipinski definition) is 4. The Kier molecular flexibility index (Phi) is 7.89. The van der Waals surface area contributed by atoms with Crippen LogP contribution in [-0.4, -0.2) is 56.1 Å². The zero-order valence-electron chi connectivity index (χ0n) is 28.8. The lowest BCUT2D eigenvalue weighted by atomic mass is 9.94. The van der Waals surface area contributed by atoms with Gasteiger partial charge in [0.1, 0.15) is 11.4 Å². The van der Waals surface area contributed by atoms with Crippen molar-refractivity contribution in [1.29, 1.82) is 0 Å². The number of esters is 2. The first-order chi connectivity index (χ1) is 20.9. The molecule has 0 saturated carbocycles. The highest BCUT2D eigenvalue weighted by molar-refractivity contribution is 6.80. The van der Waals surface area contributed by atoms with Crippen molar-refractivity contribution in [3.05, 3.63) is 72.3 Å². The van der Waals surface area contributed by atoms with Crippen LogP contribution in [0, 0.1) is 0 Å². The third kappa shape index (κ3) is 5.00. The van der Waals surface area contributed by atoms with Crippen LogP contribution in [0.2, 0.25) is 36.3 Å². The standard InChI is InChI=1S/C36H47N3O4Si2/c1-35(2,3)44(9,10)38-21-25(23-17-13-15-19-27(23)38)29-30(32(34(41)43-8)37-31(29)33(40)42-7)26-22-39(45(11,12)36(4,5)6)28-20-16-14-18-24(26)28/h13-22,37H,1-12H3. The molecular weight excluding hydrogens is 595 g/mol. The number of hydrogen-bond donors (Lipinski definition) is 1. The second-order valence-corrected chi connectivity index (χ2v) is 25.3. The second kappa shape index (κ2) is 10.9. The van der Waals surface area contributed by atoms with Gasteiger partial charge in [0.05, 0.1) is 14.2 Å². The average Bonchev–Trinajstić information content (AvgIpc) is 3.67. The first-order valence-corrected chi connectivity index (χ1v) is 21.4. The van der Waals surface area contributed by atoms with E-state index in [1.165, 1.54) is 14.2 Å². The molecule has 3 aromatic heterocycles. The largest absolute Gasteiger partial charge is 0.464 e. The molecule has 0 aliphatic carbocycles. The van der Waals surface area contributed by atoms with Gasteiger partial charge in [0.2, 0.25) is 0 Å². The molecule has 1 N–H and O–H groups in total. The van der Waals surface area contributed by atoms with Crippen LogP contribution in [0.15, 0.2) is 60.9 Å². The third-order valence-corrected chi connectivity index (χ3v) is 21.1. The molecule has 238 valence electrons. The Bertz CT molecular complexity index is 1810. The minimum Gasteiger partial charge on any atom is -0.464 e. The Labute approximate surface area is 268 Å². The molecule has 5 rings (SSSR count). The van der Waals surface area contributed by atoms with Gasteiger partial charge in [0.15, 0.2) is 16.5 Å². The molecule has 0 unspecified atom stereocenters. The summed E-state index contributed by atoms with van der Waals surface area (Å²) in [5.74, 6) is -1.09. The van der Waals surface area contributed by atoms with Gasteiger partial charge in [-0.25, -0.2) is 9.59 Å². The number of nitrogens with one attached hydrogen (secondary N) is 1. The zero-order chi connectivity index (χ0) is 33.3. The highest BCUT2D eigenvalue weighted by Gasteiger charge is 2.41. The monoisotopic (exact) mass is 641 g/mol. The minimum atomic E-state index is -2.11. The molecule has 45 heavy (non-hydrogen) atoms. The Balaban J connectivity index is 1.99. The topological polar surface area (TPSA) is 78.2 Å². The first-order valence-electron chi connectivity index (χ1n) is 15.5. The minimum absolute atomic E-state index is 0.0476. The molecule has 5 aromatic rings. The number of aromatic amines is 1. The van der Waals surface area contributed by atoms with E-state index in [-0.39, 0.29) is 21.5 Å². The van der Waals surface area contributed by atoms with Gasteiger partial charge in [-0.15, -0.1) is 0 Å². The van der Waals surface area contributed by atoms with Crippen molar-refractivity contribution < 1.29 is 19.1 Å². The SMILES string of the molecule is COC(=O)c1[nH]c(C(=O)OC)c(-c2cn([Si](C)(C)C(C)(C)C)c3ccccc23)c1-c1cn([Si](C)(C)C(C)(C)C)c2ccccc12. The van der Waals surface area contributed by atoms with Crippen molar-refractivity contribution >= 4 is 50.2 Å². The fraction of sp³-hybridized carbons (Fsp3) is 0.389. The van der Waals surface area contributed by atoms with Crippen molar-refractivity contribution in [3.63, 3.8) is 0 Å². The number of carbonyl (C=O) groups excluding carboxylic acids is 2. The first kappa shape index (κ1) is 32.6. The molecule has 0 atom stereocenters. The summed E-state index contributed by atoms with van der Waals surface area (Å²) in [7, 11) is -1.49. The van der Waals surface area contributed by atoms with Gasteiger partial charge in [-0.2, -0.15) is 0 Å². The zero-order valence-corrected chi connectivity index (χ0v) is 30.8. The second-order valence-electron chi connectivity index (χ2n) is 15.1. The maximum absolute atomic E-state index is 13.6. The van der Waals surface area contributed by atoms with Crippen LogP contribution in [0.5, 0.6) is 0 Å². The highest BCUT2D eigenvalue weighted by atomic mass is 28.3. The molecule has 9 heteroatoms. The highest BCUT2D eigenvalue weighted by Crippen LogP contribution is 2.48. The van der Waals surface area contributed by atoms with Gasteiger partial charge in [-0.1, -0.05) is 104 Å². The molecular formula is C36H47N3O4Si2. The number of H-pyrrole nitrogens is 1. The van der Waals surface area contributed by atoms with E-state index in [4.69, 9.17) is 9.47 Å². The van der Waals surface area contributed by atoms with Crippen LogP contribution in [0.4, 0.5) is 0 Å². The molecule has 0 fully saturated rings. The molecule has 0 aliphatic rings. The van der Waals surface area contributed by atoms with Gasteiger partial charge < -0.3 is 22.9 Å². The van der Waals surface area contributed by atoms with Crippen LogP contribution in [-0.2, 0) is 9.47 Å². The van der Waals surface area contributed by atoms with Gasteiger partial charge >= 0.3 is 11.9 Å². The number of para-hydroxylation sites is 2. The van der Waals surface area contributed by atoms with E-state index in [2.05, 4.69) is 130 Å². The summed E-state index contributed by atoms with van der Waals surface area (Å²) in [5.41, 5.74) is 5.71. The smallest absolute Gasteiger partial charge is 0.355 e. The van der Waals surface area contributed by atoms with Crippen LogP contribution < -0.4 is 0 Å². The molecule has 0 aliphatic heterocycles. The van der Waals surface area contributed by atoms with E-state index < -0.39 is 28.4 Å². The Morgan fingerprint density at radius 3 is 1.27 bits per heavy atom. The van der Waals surface area contributed by atoms with Crippen molar-refractivity contribution in [3.8, 4) is 22.3 Å². The fourth-order valence-electron chi connectivity index (χ4n) is 5.95. The number of rotatable bonds is 6. The normalized spacial score (nSPS) is 13.1. The predicted octanol–water partition coefficient (Wildman–Crippen LogP) is 9.54. The van der Waals surface area contributed by atoms with Crippen molar-refractivity contribution in [2.24, 2.45) is 0 Å². The number of methoxy groups -OCH3 is 2. The maximum atomic E-state index is 13.6. The summed E-state index contributed by atoms with van der Waals surface area (Å²) >= 11 is 0. The van der Waals surface area contributed by atoms with E-state index in [0.29, 0.717) is 11.1 Å². The van der Waals surface area contributed by atoms with E-state index >= 15 is 0 Å². The number of ether oxygens (including phenoxy) is 2. The van der Waals surface area contributed by atoms with Gasteiger partial charge in [0, 0.05) is 56.5 Å². The molecule has 3 heterocycles. The lowest BCUT2D eigenvalue weighted by Gasteiger charge is -2.38. The quantitative estimate of drug-likeness (QED) is 0.148. The lowest BCUT2D eigenvalue weighted by Crippen LogP contribution is -2.44. The third-order valence-electron chi connectivity index (χ3n) is 10.6. The summed E-state index contributed by atoms with van der Waals surface area (Å²) in [6, 6.07) is 16.7. The fourth-order valence-corrected chi connectivity index (χ4v) is 9.90. The van der Waals surface area contributed by atoms with Crippen LogP contribution in [0.1, 0.15) is 62.5 Å². The van der Waals surface area contributed by atoms with Crippen molar-refractivity contribution in [2.75, 3.05) is 14.2 Å². The van der Waals surface area contributed by atoms with Crippen LogP contribution in [0.25, 0.3) is 44.1 Å². The Morgan fingerprint density at radius 2 is 0.956 bits per heavy atom. The molecule has 0 amide bonds. The Hall–Kier alpha value is -3.83. The molecule has 2 aromatic carbocycles. The van der Waals surface area contributed by atoms with Gasteiger partial charge in [-0.05, 0) is 22.2 Å². The van der Waals surface area contributed by atoms with Crippen LogP contribution >= 0.6 is 0 Å². The van der Waals surface area contributed by atoms with E-state index in [9.17, 15) is 9.59 Å². The van der Waals surface area contributed by atoms with Crippen molar-refractivity contribution in [2.45, 2.75) is 77.8 Å². The number of carbonyl (C=O) groups is 2. The number of benzene rings is 2. The molecule has 0 spiro atoms. The summed E-state index contributed by atoms with van der Waals surface area (Å²) in [4.78, 5) is 30.3. The van der Waals surface area contributed by atoms with E-state index in [1.807, 2.05) is 12.1 Å². The van der Waals surface area contributed by atoms with E-state index in [0.717, 1.165) is 32.9 Å². The maximum Gasteiger partial charge on any atom is 0.355 e. The summed E-state index contributed by atoms with van der Waals surface area (Å²) in [6.07, 6.45) is 4.38. The average molecular weight is 642 g/mol. The summed E-state index contributed by atoms with van der Waals surface area (Å²) in [6.45, 7) is 23.2. The molecule has 0 bridgehead atoms. The predicted molar refractivity (Wildman–Crippen MR) is 191 cm³/mol. The van der Waals surface area contributed by atoms with Gasteiger partial charge in [-0.3, -0.25) is 0 Å². The van der Waals surface area contributed by atoms with Gasteiger partial charge in [0.25, 0.3) is 0 Å². The Morgan fingerprint density at radius 1 is 0.622 bits per heavy atom.